The molecule has 3 rings (SSSR count). The van der Waals surface area contributed by atoms with Crippen LogP contribution in [0.1, 0.15) is 13.8 Å². The third kappa shape index (κ3) is 5.64. The number of hydrogen-bond acceptors (Lipinski definition) is 8. The fourth-order valence-corrected chi connectivity index (χ4v) is 7.76. The highest BCUT2D eigenvalue weighted by Crippen LogP contribution is 2.51. The van der Waals surface area contributed by atoms with Gasteiger partial charge in [-0.2, -0.15) is 0 Å². The molecule has 13 heteroatoms. The quantitative estimate of drug-likeness (QED) is 0.310. The molecule has 3 aromatic rings. The number of sulfonamides is 1. The van der Waals surface area contributed by atoms with Crippen LogP contribution >= 0.6 is 30.8 Å². The summed E-state index contributed by atoms with van der Waals surface area (Å²) < 4.78 is 53.1. The van der Waals surface area contributed by atoms with Crippen LogP contribution in [0, 0.1) is 0 Å². The van der Waals surface area contributed by atoms with Crippen LogP contribution in [0.15, 0.2) is 47.6 Å². The third-order valence-electron chi connectivity index (χ3n) is 4.69. The molecule has 0 N–H and O–H groups in total. The third-order valence-corrected chi connectivity index (χ3v) is 8.99. The molecule has 0 amide bonds. The van der Waals surface area contributed by atoms with Gasteiger partial charge in [0.1, 0.15) is 23.9 Å². The maximum Gasteiger partial charge on any atom is 0.350 e. The summed E-state index contributed by atoms with van der Waals surface area (Å²) >= 11 is 12.2. The minimum absolute atomic E-state index is 0.0661. The zero-order valence-corrected chi connectivity index (χ0v) is 22.3. The van der Waals surface area contributed by atoms with Gasteiger partial charge in [-0.15, -0.1) is 0 Å². The van der Waals surface area contributed by atoms with E-state index in [2.05, 4.69) is 9.97 Å². The first-order chi connectivity index (χ1) is 16.0. The SMILES string of the molecule is CCOP(=O)(CN(c1cccc2c(N(C)C)ncnc12)S(=O)(=O)c1cc(Cl)cc(Cl)c1)OCC. The summed E-state index contributed by atoms with van der Waals surface area (Å²) in [5.41, 5.74) is 0.524. The Hall–Kier alpha value is -1.94. The highest BCUT2D eigenvalue weighted by atomic mass is 35.5. The number of para-hydroxylation sites is 1. The number of fused-ring (bicyclic) bond motifs is 1. The van der Waals surface area contributed by atoms with Crippen LogP contribution in [0.2, 0.25) is 10.0 Å². The molecule has 34 heavy (non-hydrogen) atoms. The van der Waals surface area contributed by atoms with Gasteiger partial charge in [0.2, 0.25) is 0 Å². The van der Waals surface area contributed by atoms with Crippen molar-refractivity contribution in [2.24, 2.45) is 0 Å². The van der Waals surface area contributed by atoms with Crippen LogP contribution in [-0.4, -0.2) is 52.0 Å². The number of halogens is 2. The molecule has 0 saturated carbocycles. The standard InChI is InChI=1S/C21H25Cl2N4O5PS/c1-5-31-33(28,32-6-2)14-27(34(29,30)17-11-15(22)10-16(23)12-17)19-9-7-8-18-20(19)24-13-25-21(18)26(3)4/h7-13H,5-6,14H2,1-4H3. The lowest BCUT2D eigenvalue weighted by Crippen LogP contribution is -2.33. The first-order valence-corrected chi connectivity index (χ1v) is 14.2. The Labute approximate surface area is 209 Å². The second kappa shape index (κ2) is 10.8. The summed E-state index contributed by atoms with van der Waals surface area (Å²) in [6.45, 7) is 3.43. The molecule has 0 aliphatic rings. The molecule has 0 radical (unpaired) electrons. The van der Waals surface area contributed by atoms with Crippen LogP contribution in [0.5, 0.6) is 0 Å². The van der Waals surface area contributed by atoms with Crippen molar-refractivity contribution in [1.29, 1.82) is 0 Å². The van der Waals surface area contributed by atoms with Crippen molar-refractivity contribution in [2.45, 2.75) is 18.7 Å². The predicted molar refractivity (Wildman–Crippen MR) is 136 cm³/mol. The summed E-state index contributed by atoms with van der Waals surface area (Å²) in [5, 5.41) is 0.884. The molecular formula is C21H25Cl2N4O5PS. The summed E-state index contributed by atoms with van der Waals surface area (Å²) in [6.07, 6.45) is 0.758. The lowest BCUT2D eigenvalue weighted by Gasteiger charge is -2.29. The molecule has 0 saturated heterocycles. The van der Waals surface area contributed by atoms with E-state index in [9.17, 15) is 13.0 Å². The summed E-state index contributed by atoms with van der Waals surface area (Å²) in [5.74, 6) is 0.591. The fraction of sp³-hybridized carbons (Fsp3) is 0.333. The van der Waals surface area contributed by atoms with Gasteiger partial charge in [-0.1, -0.05) is 29.3 Å². The Morgan fingerprint density at radius 3 is 2.18 bits per heavy atom. The first-order valence-electron chi connectivity index (χ1n) is 10.3. The molecule has 0 aliphatic heterocycles. The van der Waals surface area contributed by atoms with Crippen LogP contribution in [-0.2, 0) is 23.6 Å². The van der Waals surface area contributed by atoms with Crippen molar-refractivity contribution in [2.75, 3.05) is 42.8 Å². The monoisotopic (exact) mass is 546 g/mol. The van der Waals surface area contributed by atoms with E-state index in [4.69, 9.17) is 32.2 Å². The minimum Gasteiger partial charge on any atom is -0.362 e. The van der Waals surface area contributed by atoms with E-state index in [1.807, 2.05) is 14.1 Å². The van der Waals surface area contributed by atoms with Gasteiger partial charge < -0.3 is 13.9 Å². The average Bonchev–Trinajstić information content (AvgIpc) is 2.76. The maximum absolute atomic E-state index is 13.9. The van der Waals surface area contributed by atoms with Crippen molar-refractivity contribution in [3.05, 3.63) is 52.8 Å². The van der Waals surface area contributed by atoms with Gasteiger partial charge in [-0.25, -0.2) is 18.4 Å². The molecule has 1 heterocycles. The van der Waals surface area contributed by atoms with Crippen LogP contribution in [0.4, 0.5) is 11.5 Å². The van der Waals surface area contributed by atoms with Gasteiger partial charge in [0.05, 0.1) is 23.8 Å². The van der Waals surface area contributed by atoms with Crippen molar-refractivity contribution in [1.82, 2.24) is 9.97 Å². The molecule has 1 aromatic heterocycles. The molecule has 9 nitrogen and oxygen atoms in total. The van der Waals surface area contributed by atoms with Crippen LogP contribution < -0.4 is 9.21 Å². The summed E-state index contributed by atoms with van der Waals surface area (Å²) in [6, 6.07) is 8.99. The topological polar surface area (TPSA) is 102 Å². The number of rotatable bonds is 10. The highest BCUT2D eigenvalue weighted by molar-refractivity contribution is 7.93. The van der Waals surface area contributed by atoms with Gasteiger partial charge in [-0.05, 0) is 44.2 Å². The fourth-order valence-electron chi connectivity index (χ4n) is 3.37. The lowest BCUT2D eigenvalue weighted by atomic mass is 10.2. The van der Waals surface area contributed by atoms with Crippen molar-refractivity contribution in [3.63, 3.8) is 0 Å². The number of anilines is 2. The van der Waals surface area contributed by atoms with Gasteiger partial charge in [0.25, 0.3) is 10.0 Å². The Kier molecular flexibility index (Phi) is 8.44. The number of hydrogen-bond donors (Lipinski definition) is 0. The molecule has 0 unspecified atom stereocenters. The average molecular weight is 547 g/mol. The Bertz CT molecular complexity index is 1310. The molecule has 0 fully saturated rings. The zero-order chi connectivity index (χ0) is 25.1. The Morgan fingerprint density at radius 2 is 1.62 bits per heavy atom. The van der Waals surface area contributed by atoms with Crippen molar-refractivity contribution in [3.8, 4) is 0 Å². The molecule has 0 aliphatic carbocycles. The maximum atomic E-state index is 13.9. The van der Waals surface area contributed by atoms with E-state index in [0.29, 0.717) is 16.7 Å². The van der Waals surface area contributed by atoms with E-state index in [-0.39, 0.29) is 33.8 Å². The second-order valence-corrected chi connectivity index (χ2v) is 12.1. The molecule has 184 valence electrons. The smallest absolute Gasteiger partial charge is 0.350 e. The van der Waals surface area contributed by atoms with Gasteiger partial charge in [0.15, 0.2) is 0 Å². The van der Waals surface area contributed by atoms with E-state index in [1.54, 1.807) is 36.9 Å². The summed E-state index contributed by atoms with van der Waals surface area (Å²) in [4.78, 5) is 10.2. The normalized spacial score (nSPS) is 12.2. The molecular weight excluding hydrogens is 522 g/mol. The summed E-state index contributed by atoms with van der Waals surface area (Å²) in [7, 11) is -4.57. The molecule has 0 atom stereocenters. The van der Waals surface area contributed by atoms with E-state index < -0.39 is 23.9 Å². The van der Waals surface area contributed by atoms with Crippen LogP contribution in [0.25, 0.3) is 10.9 Å². The van der Waals surface area contributed by atoms with Crippen LogP contribution in [0.3, 0.4) is 0 Å². The minimum atomic E-state index is -4.34. The molecule has 0 spiro atoms. The zero-order valence-electron chi connectivity index (χ0n) is 19.1. The lowest BCUT2D eigenvalue weighted by molar-refractivity contribution is 0.221. The van der Waals surface area contributed by atoms with Crippen molar-refractivity contribution >= 4 is 63.2 Å². The number of nitrogens with zero attached hydrogens (tertiary/aromatic N) is 4. The Balaban J connectivity index is 2.30. The molecule has 0 bridgehead atoms. The predicted octanol–water partition coefficient (Wildman–Crippen LogP) is 5.42. The van der Waals surface area contributed by atoms with Gasteiger partial charge >= 0.3 is 7.60 Å². The van der Waals surface area contributed by atoms with E-state index in [1.165, 1.54) is 24.5 Å². The van der Waals surface area contributed by atoms with Crippen molar-refractivity contribution < 1.29 is 22.0 Å². The molecule has 2 aromatic carbocycles. The number of benzene rings is 2. The largest absolute Gasteiger partial charge is 0.362 e. The highest BCUT2D eigenvalue weighted by Gasteiger charge is 2.36. The second-order valence-electron chi connectivity index (χ2n) is 7.31. The van der Waals surface area contributed by atoms with E-state index >= 15 is 0 Å². The number of aromatic nitrogens is 2. The van der Waals surface area contributed by atoms with Gasteiger partial charge in [0, 0.05) is 29.5 Å². The van der Waals surface area contributed by atoms with E-state index in [0.717, 1.165) is 4.31 Å². The first kappa shape index (κ1) is 26.7. The van der Waals surface area contributed by atoms with Gasteiger partial charge in [-0.3, -0.25) is 8.87 Å². The Morgan fingerprint density at radius 1 is 1.00 bits per heavy atom.